The minimum absolute atomic E-state index is 0.0140. The zero-order valence-electron chi connectivity index (χ0n) is 15.3. The minimum Gasteiger partial charge on any atom is -0.496 e. The molecule has 1 aromatic carbocycles. The Morgan fingerprint density at radius 3 is 2.12 bits per heavy atom. The molecule has 0 heterocycles. The van der Waals surface area contributed by atoms with Crippen molar-refractivity contribution in [2.45, 2.75) is 38.2 Å². The van der Waals surface area contributed by atoms with Crippen LogP contribution in [0.1, 0.15) is 37.7 Å². The Balaban J connectivity index is 2.25. The Bertz CT molecular complexity index is 617. The van der Waals surface area contributed by atoms with Gasteiger partial charge in [-0.25, -0.2) is 4.79 Å². The summed E-state index contributed by atoms with van der Waals surface area (Å²) in [5.41, 5.74) is 0.586. The molecule has 0 aliphatic heterocycles. The average molecular weight is 350 g/mol. The Morgan fingerprint density at radius 1 is 0.920 bits per heavy atom. The number of rotatable bonds is 7. The standard InChI is InChI=1S/C19H26O6/c1-21-15-12-16(22-2)19(24-4)18(23-3)14(15)10-11-17(20)25-13-8-6-5-7-9-13/h10-13H,5-9H2,1-4H3. The van der Waals surface area contributed by atoms with Gasteiger partial charge in [0.2, 0.25) is 5.75 Å². The minimum atomic E-state index is -0.370. The Morgan fingerprint density at radius 2 is 1.56 bits per heavy atom. The summed E-state index contributed by atoms with van der Waals surface area (Å²) in [6.45, 7) is 0. The maximum Gasteiger partial charge on any atom is 0.331 e. The zero-order chi connectivity index (χ0) is 18.2. The van der Waals surface area contributed by atoms with E-state index in [9.17, 15) is 4.79 Å². The number of benzene rings is 1. The van der Waals surface area contributed by atoms with Crippen LogP contribution in [0.15, 0.2) is 12.1 Å². The first-order valence-electron chi connectivity index (χ1n) is 8.40. The van der Waals surface area contributed by atoms with E-state index in [0.717, 1.165) is 25.7 Å². The molecular weight excluding hydrogens is 324 g/mol. The first-order chi connectivity index (χ1) is 12.1. The van der Waals surface area contributed by atoms with Crippen molar-refractivity contribution < 1.29 is 28.5 Å². The predicted octanol–water partition coefficient (Wildman–Crippen LogP) is 3.61. The van der Waals surface area contributed by atoms with E-state index in [-0.39, 0.29) is 12.1 Å². The summed E-state index contributed by atoms with van der Waals surface area (Å²) in [5, 5.41) is 0. The average Bonchev–Trinajstić information content (AvgIpc) is 2.65. The quantitative estimate of drug-likeness (QED) is 0.553. The second-order valence-electron chi connectivity index (χ2n) is 5.79. The molecule has 1 saturated carbocycles. The summed E-state index contributed by atoms with van der Waals surface area (Å²) in [5.74, 6) is 1.49. The molecule has 0 aromatic heterocycles. The molecule has 138 valence electrons. The lowest BCUT2D eigenvalue weighted by Crippen LogP contribution is -2.19. The molecule has 1 aromatic rings. The van der Waals surface area contributed by atoms with E-state index in [1.54, 1.807) is 19.3 Å². The van der Waals surface area contributed by atoms with Crippen LogP contribution in [0.4, 0.5) is 0 Å². The van der Waals surface area contributed by atoms with E-state index in [1.807, 2.05) is 0 Å². The predicted molar refractivity (Wildman–Crippen MR) is 94.6 cm³/mol. The van der Waals surface area contributed by atoms with Gasteiger partial charge in [-0.3, -0.25) is 0 Å². The number of hydrogen-bond donors (Lipinski definition) is 0. The molecular formula is C19H26O6. The van der Waals surface area contributed by atoms with E-state index in [2.05, 4.69) is 0 Å². The lowest BCUT2D eigenvalue weighted by atomic mass is 9.98. The number of methoxy groups -OCH3 is 4. The number of ether oxygens (including phenoxy) is 5. The van der Waals surface area contributed by atoms with Gasteiger partial charge in [0.25, 0.3) is 0 Å². The zero-order valence-corrected chi connectivity index (χ0v) is 15.3. The third-order valence-electron chi connectivity index (χ3n) is 4.27. The van der Waals surface area contributed by atoms with Crippen LogP contribution in [0.25, 0.3) is 6.08 Å². The molecule has 0 atom stereocenters. The summed E-state index contributed by atoms with van der Waals surface area (Å²) < 4.78 is 27.0. The van der Waals surface area contributed by atoms with E-state index >= 15 is 0 Å². The molecule has 6 heteroatoms. The fourth-order valence-electron chi connectivity index (χ4n) is 3.02. The van der Waals surface area contributed by atoms with Crippen molar-refractivity contribution in [3.05, 3.63) is 17.7 Å². The van der Waals surface area contributed by atoms with Crippen LogP contribution in [0, 0.1) is 0 Å². The number of hydrogen-bond acceptors (Lipinski definition) is 6. The van der Waals surface area contributed by atoms with Gasteiger partial charge < -0.3 is 23.7 Å². The largest absolute Gasteiger partial charge is 0.496 e. The van der Waals surface area contributed by atoms with E-state index in [4.69, 9.17) is 23.7 Å². The molecule has 25 heavy (non-hydrogen) atoms. The summed E-state index contributed by atoms with van der Waals surface area (Å²) in [6.07, 6.45) is 8.32. The fraction of sp³-hybridized carbons (Fsp3) is 0.526. The normalized spacial score (nSPS) is 15.0. The van der Waals surface area contributed by atoms with Gasteiger partial charge in [0.1, 0.15) is 11.9 Å². The van der Waals surface area contributed by atoms with Gasteiger partial charge >= 0.3 is 5.97 Å². The molecule has 6 nitrogen and oxygen atoms in total. The van der Waals surface area contributed by atoms with Crippen LogP contribution in [0.3, 0.4) is 0 Å². The smallest absolute Gasteiger partial charge is 0.331 e. The molecule has 2 rings (SSSR count). The lowest BCUT2D eigenvalue weighted by molar-refractivity contribution is -0.144. The van der Waals surface area contributed by atoms with Crippen molar-refractivity contribution in [2.75, 3.05) is 28.4 Å². The van der Waals surface area contributed by atoms with Crippen LogP contribution in [0.5, 0.6) is 23.0 Å². The van der Waals surface area contributed by atoms with Gasteiger partial charge in [0, 0.05) is 12.1 Å². The highest BCUT2D eigenvalue weighted by Crippen LogP contribution is 2.45. The Hall–Kier alpha value is -2.37. The van der Waals surface area contributed by atoms with E-state index in [0.29, 0.717) is 28.6 Å². The number of carbonyl (C=O) groups excluding carboxylic acids is 1. The van der Waals surface area contributed by atoms with Crippen molar-refractivity contribution in [3.63, 3.8) is 0 Å². The third kappa shape index (κ3) is 4.59. The monoisotopic (exact) mass is 350 g/mol. The second kappa shape index (κ2) is 9.20. The van der Waals surface area contributed by atoms with Crippen LogP contribution < -0.4 is 18.9 Å². The third-order valence-corrected chi connectivity index (χ3v) is 4.27. The maximum absolute atomic E-state index is 12.1. The highest BCUT2D eigenvalue weighted by Gasteiger charge is 2.21. The van der Waals surface area contributed by atoms with Crippen molar-refractivity contribution in [2.24, 2.45) is 0 Å². The molecule has 0 saturated heterocycles. The molecule has 1 aliphatic rings. The number of carbonyl (C=O) groups is 1. The van der Waals surface area contributed by atoms with Crippen molar-refractivity contribution in [1.29, 1.82) is 0 Å². The highest BCUT2D eigenvalue weighted by molar-refractivity contribution is 5.89. The molecule has 0 N–H and O–H groups in total. The van der Waals surface area contributed by atoms with Gasteiger partial charge in [0.05, 0.1) is 34.0 Å². The SMILES string of the molecule is COc1cc(OC)c(OC)c(OC)c1C=CC(=O)OC1CCCCC1. The molecule has 0 radical (unpaired) electrons. The molecule has 0 unspecified atom stereocenters. The summed E-state index contributed by atoms with van der Waals surface area (Å²) in [7, 11) is 6.12. The molecule has 0 amide bonds. The van der Waals surface area contributed by atoms with E-state index < -0.39 is 0 Å². The van der Waals surface area contributed by atoms with Gasteiger partial charge in [-0.2, -0.15) is 0 Å². The van der Waals surface area contributed by atoms with Crippen LogP contribution >= 0.6 is 0 Å². The molecule has 0 spiro atoms. The van der Waals surface area contributed by atoms with Gasteiger partial charge in [-0.05, 0) is 31.8 Å². The lowest BCUT2D eigenvalue weighted by Gasteiger charge is -2.21. The van der Waals surface area contributed by atoms with Gasteiger partial charge in [-0.1, -0.05) is 6.42 Å². The summed E-state index contributed by atoms with van der Waals surface area (Å²) in [6, 6.07) is 1.69. The molecule has 1 aliphatic carbocycles. The highest BCUT2D eigenvalue weighted by atomic mass is 16.5. The fourth-order valence-corrected chi connectivity index (χ4v) is 3.02. The van der Waals surface area contributed by atoms with Crippen LogP contribution in [-0.2, 0) is 9.53 Å². The van der Waals surface area contributed by atoms with Crippen LogP contribution in [-0.4, -0.2) is 40.5 Å². The molecule has 1 fully saturated rings. The van der Waals surface area contributed by atoms with Gasteiger partial charge in [0.15, 0.2) is 11.5 Å². The topological polar surface area (TPSA) is 63.2 Å². The van der Waals surface area contributed by atoms with E-state index in [1.165, 1.54) is 33.8 Å². The van der Waals surface area contributed by atoms with Crippen molar-refractivity contribution in [1.82, 2.24) is 0 Å². The maximum atomic E-state index is 12.1. The van der Waals surface area contributed by atoms with Gasteiger partial charge in [-0.15, -0.1) is 0 Å². The Kier molecular flexibility index (Phi) is 6.98. The van der Waals surface area contributed by atoms with Crippen LogP contribution in [0.2, 0.25) is 0 Å². The molecule has 0 bridgehead atoms. The summed E-state index contributed by atoms with van der Waals surface area (Å²) >= 11 is 0. The first kappa shape index (κ1) is 19.0. The summed E-state index contributed by atoms with van der Waals surface area (Å²) in [4.78, 5) is 12.1. The van der Waals surface area contributed by atoms with Crippen molar-refractivity contribution >= 4 is 12.0 Å². The Labute approximate surface area is 148 Å². The first-order valence-corrected chi connectivity index (χ1v) is 8.40. The number of esters is 1. The second-order valence-corrected chi connectivity index (χ2v) is 5.79. The van der Waals surface area contributed by atoms with Crippen molar-refractivity contribution in [3.8, 4) is 23.0 Å².